The van der Waals surface area contributed by atoms with E-state index in [0.29, 0.717) is 29.7 Å². The topological polar surface area (TPSA) is 59.2 Å². The molecule has 1 atom stereocenters. The SMILES string of the molecule is Cc1ccc(Cl)cc1N1CC(c2noc(-c3ccc(C(C)(C)C)cc3)n2)CC1=O. The van der Waals surface area contributed by atoms with Crippen LogP contribution in [0.2, 0.25) is 5.02 Å². The van der Waals surface area contributed by atoms with Crippen molar-refractivity contribution in [3.8, 4) is 11.5 Å². The molecular formula is C23H24ClN3O2. The van der Waals surface area contributed by atoms with E-state index >= 15 is 0 Å². The van der Waals surface area contributed by atoms with Gasteiger partial charge in [-0.25, -0.2) is 0 Å². The highest BCUT2D eigenvalue weighted by molar-refractivity contribution is 6.31. The van der Waals surface area contributed by atoms with E-state index in [4.69, 9.17) is 16.1 Å². The first-order valence-electron chi connectivity index (χ1n) is 9.73. The van der Waals surface area contributed by atoms with E-state index in [1.807, 2.05) is 37.3 Å². The minimum Gasteiger partial charge on any atom is -0.334 e. The summed E-state index contributed by atoms with van der Waals surface area (Å²) in [6, 6.07) is 13.7. The zero-order valence-corrected chi connectivity index (χ0v) is 17.8. The highest BCUT2D eigenvalue weighted by atomic mass is 35.5. The maximum atomic E-state index is 12.6. The molecule has 1 aliphatic rings. The Morgan fingerprint density at radius 3 is 2.55 bits per heavy atom. The van der Waals surface area contributed by atoms with Crippen molar-refractivity contribution in [2.45, 2.75) is 45.4 Å². The van der Waals surface area contributed by atoms with Gasteiger partial charge >= 0.3 is 0 Å². The molecule has 0 bridgehead atoms. The lowest BCUT2D eigenvalue weighted by Gasteiger charge is -2.19. The molecule has 0 radical (unpaired) electrons. The molecule has 1 saturated heterocycles. The second-order valence-corrected chi connectivity index (χ2v) is 9.06. The number of carbonyl (C=O) groups is 1. The Kier molecular flexibility index (Phi) is 4.95. The first-order valence-corrected chi connectivity index (χ1v) is 10.1. The van der Waals surface area contributed by atoms with E-state index in [9.17, 15) is 4.79 Å². The molecule has 29 heavy (non-hydrogen) atoms. The van der Waals surface area contributed by atoms with Crippen LogP contribution in [0.3, 0.4) is 0 Å². The maximum absolute atomic E-state index is 12.6. The molecule has 1 aromatic heterocycles. The van der Waals surface area contributed by atoms with Crippen molar-refractivity contribution >= 4 is 23.2 Å². The van der Waals surface area contributed by atoms with Crippen molar-refractivity contribution in [1.29, 1.82) is 0 Å². The highest BCUT2D eigenvalue weighted by Crippen LogP contribution is 2.34. The number of carbonyl (C=O) groups excluding carboxylic acids is 1. The number of halogens is 1. The monoisotopic (exact) mass is 409 g/mol. The Morgan fingerprint density at radius 2 is 1.86 bits per heavy atom. The van der Waals surface area contributed by atoms with Crippen LogP contribution in [0.1, 0.15) is 50.1 Å². The Hall–Kier alpha value is -2.66. The molecular weight excluding hydrogens is 386 g/mol. The van der Waals surface area contributed by atoms with Gasteiger partial charge in [-0.1, -0.05) is 55.7 Å². The van der Waals surface area contributed by atoms with Crippen LogP contribution in [0.25, 0.3) is 11.5 Å². The lowest BCUT2D eigenvalue weighted by molar-refractivity contribution is -0.117. The van der Waals surface area contributed by atoms with Crippen LogP contribution in [0.4, 0.5) is 5.69 Å². The number of nitrogens with zero attached hydrogens (tertiary/aromatic N) is 3. The van der Waals surface area contributed by atoms with E-state index in [-0.39, 0.29) is 17.2 Å². The van der Waals surface area contributed by atoms with Crippen molar-refractivity contribution < 1.29 is 9.32 Å². The zero-order valence-electron chi connectivity index (χ0n) is 17.1. The maximum Gasteiger partial charge on any atom is 0.257 e. The number of rotatable bonds is 3. The fraction of sp³-hybridized carbons (Fsp3) is 0.348. The van der Waals surface area contributed by atoms with Crippen molar-refractivity contribution in [3.05, 3.63) is 64.4 Å². The Balaban J connectivity index is 1.54. The number of hydrogen-bond donors (Lipinski definition) is 0. The molecule has 0 saturated carbocycles. The van der Waals surface area contributed by atoms with Crippen molar-refractivity contribution in [2.24, 2.45) is 0 Å². The van der Waals surface area contributed by atoms with Gasteiger partial charge in [0.05, 0.1) is 0 Å². The molecule has 5 nitrogen and oxygen atoms in total. The number of amides is 1. The summed E-state index contributed by atoms with van der Waals surface area (Å²) in [6.07, 6.45) is 0.355. The minimum absolute atomic E-state index is 0.0428. The van der Waals surface area contributed by atoms with E-state index in [0.717, 1.165) is 16.8 Å². The molecule has 4 rings (SSSR count). The highest BCUT2D eigenvalue weighted by Gasteiger charge is 2.35. The smallest absolute Gasteiger partial charge is 0.257 e. The van der Waals surface area contributed by atoms with Gasteiger partial charge in [-0.3, -0.25) is 4.79 Å². The number of benzene rings is 2. The van der Waals surface area contributed by atoms with Crippen LogP contribution in [0.5, 0.6) is 0 Å². The standard InChI is InChI=1S/C23H24ClN3O2/c1-14-5-10-18(24)12-19(14)27-13-16(11-20(27)28)21-25-22(29-26-21)15-6-8-17(9-7-15)23(2,3)4/h5-10,12,16H,11,13H2,1-4H3. The van der Waals surface area contributed by atoms with Crippen LogP contribution >= 0.6 is 11.6 Å². The van der Waals surface area contributed by atoms with Gasteiger partial charge in [-0.2, -0.15) is 4.98 Å². The first kappa shape index (κ1) is 19.6. The summed E-state index contributed by atoms with van der Waals surface area (Å²) in [7, 11) is 0. The third-order valence-electron chi connectivity index (χ3n) is 5.39. The average molecular weight is 410 g/mol. The van der Waals surface area contributed by atoms with E-state index in [1.54, 1.807) is 4.90 Å². The van der Waals surface area contributed by atoms with E-state index in [2.05, 4.69) is 43.0 Å². The molecule has 2 aromatic carbocycles. The lowest BCUT2D eigenvalue weighted by atomic mass is 9.87. The molecule has 3 aromatic rings. The molecule has 0 N–H and O–H groups in total. The number of aryl methyl sites for hydroxylation is 1. The van der Waals surface area contributed by atoms with Crippen LogP contribution < -0.4 is 4.90 Å². The van der Waals surface area contributed by atoms with Gasteiger partial charge in [-0.15, -0.1) is 0 Å². The van der Waals surface area contributed by atoms with Gasteiger partial charge in [0.15, 0.2) is 5.82 Å². The fourth-order valence-corrected chi connectivity index (χ4v) is 3.78. The normalized spacial score (nSPS) is 17.2. The second-order valence-electron chi connectivity index (χ2n) is 8.62. The van der Waals surface area contributed by atoms with Gasteiger partial charge in [0.2, 0.25) is 5.91 Å². The van der Waals surface area contributed by atoms with Gasteiger partial charge in [-0.05, 0) is 47.7 Å². The van der Waals surface area contributed by atoms with Crippen LogP contribution in [-0.2, 0) is 10.2 Å². The summed E-state index contributed by atoms with van der Waals surface area (Å²) in [5, 5.41) is 4.77. The third-order valence-corrected chi connectivity index (χ3v) is 5.63. The fourth-order valence-electron chi connectivity index (χ4n) is 3.62. The molecule has 2 heterocycles. The van der Waals surface area contributed by atoms with Crippen molar-refractivity contribution in [1.82, 2.24) is 10.1 Å². The lowest BCUT2D eigenvalue weighted by Crippen LogP contribution is -2.25. The zero-order chi connectivity index (χ0) is 20.8. The largest absolute Gasteiger partial charge is 0.334 e. The van der Waals surface area contributed by atoms with Crippen molar-refractivity contribution in [3.63, 3.8) is 0 Å². The molecule has 1 unspecified atom stereocenters. The number of aromatic nitrogens is 2. The molecule has 150 valence electrons. The predicted molar refractivity (Wildman–Crippen MR) is 114 cm³/mol. The van der Waals surface area contributed by atoms with Gasteiger partial charge in [0.1, 0.15) is 0 Å². The molecule has 1 amide bonds. The first-order chi connectivity index (χ1) is 13.7. The molecule has 0 aliphatic carbocycles. The Bertz CT molecular complexity index is 1050. The summed E-state index contributed by atoms with van der Waals surface area (Å²) >= 11 is 6.13. The summed E-state index contributed by atoms with van der Waals surface area (Å²) in [5.41, 5.74) is 4.06. The molecule has 1 aliphatic heterocycles. The number of hydrogen-bond acceptors (Lipinski definition) is 4. The Labute approximate surface area is 175 Å². The summed E-state index contributed by atoms with van der Waals surface area (Å²) < 4.78 is 5.50. The third kappa shape index (κ3) is 3.92. The number of anilines is 1. The van der Waals surface area contributed by atoms with Gasteiger partial charge < -0.3 is 9.42 Å². The van der Waals surface area contributed by atoms with E-state index < -0.39 is 0 Å². The average Bonchev–Trinajstić information content (AvgIpc) is 3.30. The van der Waals surface area contributed by atoms with Crippen LogP contribution in [-0.4, -0.2) is 22.6 Å². The van der Waals surface area contributed by atoms with Crippen LogP contribution in [0.15, 0.2) is 47.0 Å². The summed E-state index contributed by atoms with van der Waals surface area (Å²) in [4.78, 5) is 19.0. The predicted octanol–water partition coefficient (Wildman–Crippen LogP) is 5.52. The second kappa shape index (κ2) is 7.30. The molecule has 1 fully saturated rings. The van der Waals surface area contributed by atoms with E-state index in [1.165, 1.54) is 5.56 Å². The minimum atomic E-state index is -0.104. The van der Waals surface area contributed by atoms with Crippen LogP contribution in [0, 0.1) is 6.92 Å². The quantitative estimate of drug-likeness (QED) is 0.571. The summed E-state index contributed by atoms with van der Waals surface area (Å²) in [5.74, 6) is 0.981. The van der Waals surface area contributed by atoms with Crippen molar-refractivity contribution in [2.75, 3.05) is 11.4 Å². The molecule has 6 heteroatoms. The molecule has 0 spiro atoms. The van der Waals surface area contributed by atoms with Gasteiger partial charge in [0, 0.05) is 35.2 Å². The van der Waals surface area contributed by atoms with Gasteiger partial charge in [0.25, 0.3) is 5.89 Å². The summed E-state index contributed by atoms with van der Waals surface area (Å²) in [6.45, 7) is 9.02. The Morgan fingerprint density at radius 1 is 1.14 bits per heavy atom.